The van der Waals surface area contributed by atoms with E-state index in [4.69, 9.17) is 15.2 Å². The van der Waals surface area contributed by atoms with Crippen LogP contribution in [0.4, 0.5) is 0 Å². The van der Waals surface area contributed by atoms with Crippen molar-refractivity contribution in [2.45, 2.75) is 58.3 Å². The fourth-order valence-electron chi connectivity index (χ4n) is 2.85. The highest BCUT2D eigenvalue weighted by atomic mass is 35.5. The zero-order chi connectivity index (χ0) is 17.0. The molecular formula is C18H28ClNO3S. The molecule has 1 aromatic rings. The molecule has 0 radical (unpaired) electrons. The van der Waals surface area contributed by atoms with Gasteiger partial charge >= 0.3 is 0 Å². The summed E-state index contributed by atoms with van der Waals surface area (Å²) in [5.41, 5.74) is 7.03. The summed E-state index contributed by atoms with van der Waals surface area (Å²) in [5.74, 6) is 0.254. The molecule has 1 heterocycles. The number of Topliss-reactive ketones (excluding diaryl/α,β-unsaturated/α-hetero) is 1. The summed E-state index contributed by atoms with van der Waals surface area (Å²) in [6, 6.07) is 3.58. The van der Waals surface area contributed by atoms with Crippen molar-refractivity contribution >= 4 is 29.5 Å². The molecule has 0 fully saturated rings. The van der Waals surface area contributed by atoms with Crippen molar-refractivity contribution in [1.82, 2.24) is 0 Å². The van der Waals surface area contributed by atoms with Crippen LogP contribution < -0.4 is 10.5 Å². The molecule has 2 rings (SSSR count). The molecule has 0 saturated heterocycles. The molecular weight excluding hydrogens is 346 g/mol. The first-order valence-electron chi connectivity index (χ1n) is 8.30. The maximum Gasteiger partial charge on any atom is 0.198 e. The molecule has 1 aliphatic rings. The van der Waals surface area contributed by atoms with Crippen molar-refractivity contribution in [1.29, 1.82) is 0 Å². The second kappa shape index (κ2) is 9.56. The summed E-state index contributed by atoms with van der Waals surface area (Å²) < 4.78 is 11.4. The molecule has 1 aromatic heterocycles. The van der Waals surface area contributed by atoms with Crippen molar-refractivity contribution in [3.05, 3.63) is 28.7 Å². The quantitative estimate of drug-likeness (QED) is 0.726. The number of hydrogen-bond donors (Lipinski definition) is 1. The van der Waals surface area contributed by atoms with E-state index in [0.29, 0.717) is 11.3 Å². The zero-order valence-electron chi connectivity index (χ0n) is 14.8. The molecule has 2 N–H and O–H groups in total. The summed E-state index contributed by atoms with van der Waals surface area (Å²) in [6.07, 6.45) is 4.64. The van der Waals surface area contributed by atoms with E-state index in [9.17, 15) is 4.79 Å². The van der Waals surface area contributed by atoms with Crippen LogP contribution in [0.5, 0.6) is 5.06 Å². The van der Waals surface area contributed by atoms with E-state index in [0.717, 1.165) is 23.5 Å². The van der Waals surface area contributed by atoms with Crippen LogP contribution in [0.15, 0.2) is 23.8 Å². The highest BCUT2D eigenvalue weighted by Crippen LogP contribution is 2.32. The second-order valence-corrected chi connectivity index (χ2v) is 7.16. The number of halogens is 1. The van der Waals surface area contributed by atoms with Gasteiger partial charge in [0.1, 0.15) is 0 Å². The molecule has 0 spiro atoms. The van der Waals surface area contributed by atoms with Crippen LogP contribution in [0, 0.1) is 5.92 Å². The van der Waals surface area contributed by atoms with Gasteiger partial charge in [-0.15, -0.1) is 12.4 Å². The van der Waals surface area contributed by atoms with E-state index in [1.807, 2.05) is 18.2 Å². The molecule has 6 heteroatoms. The SMILES string of the molecule is CCC(CC)O[C@@H]1C=C(C(=O)c2ccc(OC)s2)C[C@H](N)[C@H]1C.Cl. The number of carbonyl (C=O) groups excluding carboxylic acids is 1. The molecule has 1 aliphatic carbocycles. The van der Waals surface area contributed by atoms with Gasteiger partial charge in [0.25, 0.3) is 0 Å². The van der Waals surface area contributed by atoms with Gasteiger partial charge in [-0.05, 0) is 37.5 Å². The smallest absolute Gasteiger partial charge is 0.198 e. The van der Waals surface area contributed by atoms with Crippen molar-refractivity contribution in [2.24, 2.45) is 11.7 Å². The number of hydrogen-bond acceptors (Lipinski definition) is 5. The summed E-state index contributed by atoms with van der Waals surface area (Å²) in [7, 11) is 1.61. The third kappa shape index (κ3) is 4.82. The fourth-order valence-corrected chi connectivity index (χ4v) is 3.64. The van der Waals surface area contributed by atoms with Crippen LogP contribution in [0.2, 0.25) is 0 Å². The molecule has 0 aromatic carbocycles. The average molecular weight is 374 g/mol. The maximum atomic E-state index is 12.7. The van der Waals surface area contributed by atoms with Crippen LogP contribution in [0.3, 0.4) is 0 Å². The van der Waals surface area contributed by atoms with E-state index in [-0.39, 0.29) is 42.4 Å². The Morgan fingerprint density at radius 3 is 2.58 bits per heavy atom. The molecule has 136 valence electrons. The van der Waals surface area contributed by atoms with Crippen LogP contribution >= 0.6 is 23.7 Å². The summed E-state index contributed by atoms with van der Waals surface area (Å²) in [4.78, 5) is 13.4. The minimum Gasteiger partial charge on any atom is -0.487 e. The molecule has 3 atom stereocenters. The zero-order valence-corrected chi connectivity index (χ0v) is 16.4. The number of thiophene rings is 1. The van der Waals surface area contributed by atoms with Crippen LogP contribution in [-0.2, 0) is 4.74 Å². The van der Waals surface area contributed by atoms with Gasteiger partial charge in [-0.25, -0.2) is 0 Å². The number of ketones is 1. The first kappa shape index (κ1) is 21.2. The highest BCUT2D eigenvalue weighted by Gasteiger charge is 2.32. The van der Waals surface area contributed by atoms with Crippen molar-refractivity contribution in [3.8, 4) is 5.06 Å². The van der Waals surface area contributed by atoms with Gasteiger partial charge in [0.15, 0.2) is 10.8 Å². The molecule has 0 amide bonds. The Morgan fingerprint density at radius 2 is 2.04 bits per heavy atom. The minimum absolute atomic E-state index is 0. The standard InChI is InChI=1S/C18H27NO3S.ClH/c1-5-13(6-2)22-15-10-12(9-14(19)11(15)3)18(20)16-7-8-17(21-4)23-16;/h7-8,10-11,13-15H,5-6,9,19H2,1-4H3;1H/t11-,14+,15-;/m1./s1. The summed E-state index contributed by atoms with van der Waals surface area (Å²) in [5, 5.41) is 0.743. The van der Waals surface area contributed by atoms with Gasteiger partial charge in [-0.2, -0.15) is 0 Å². The third-order valence-corrected chi connectivity index (χ3v) is 5.62. The Morgan fingerprint density at radius 1 is 1.38 bits per heavy atom. The van der Waals surface area contributed by atoms with E-state index in [2.05, 4.69) is 20.8 Å². The number of carbonyl (C=O) groups is 1. The maximum absolute atomic E-state index is 12.7. The highest BCUT2D eigenvalue weighted by molar-refractivity contribution is 7.16. The molecule has 0 bridgehead atoms. The predicted octanol–water partition coefficient (Wildman–Crippen LogP) is 4.23. The Labute approximate surface area is 154 Å². The summed E-state index contributed by atoms with van der Waals surface area (Å²) >= 11 is 1.37. The lowest BCUT2D eigenvalue weighted by molar-refractivity contribution is -0.0247. The van der Waals surface area contributed by atoms with Gasteiger partial charge in [0, 0.05) is 17.5 Å². The molecule has 24 heavy (non-hydrogen) atoms. The van der Waals surface area contributed by atoms with Crippen LogP contribution in [-0.4, -0.2) is 31.1 Å². The average Bonchev–Trinajstić information content (AvgIpc) is 3.04. The Balaban J connectivity index is 0.00000288. The molecule has 0 saturated carbocycles. The van der Waals surface area contributed by atoms with Gasteiger partial charge in [0.2, 0.25) is 0 Å². The van der Waals surface area contributed by atoms with Crippen LogP contribution in [0.1, 0.15) is 49.7 Å². The predicted molar refractivity (Wildman–Crippen MR) is 102 cm³/mol. The minimum atomic E-state index is -0.0931. The lowest BCUT2D eigenvalue weighted by Crippen LogP contribution is -2.42. The van der Waals surface area contributed by atoms with Gasteiger partial charge < -0.3 is 15.2 Å². The van der Waals surface area contributed by atoms with E-state index < -0.39 is 0 Å². The first-order valence-corrected chi connectivity index (χ1v) is 9.12. The van der Waals surface area contributed by atoms with Crippen molar-refractivity contribution < 1.29 is 14.3 Å². The normalized spacial score (nSPS) is 23.6. The fraction of sp³-hybridized carbons (Fsp3) is 0.611. The Kier molecular flexibility index (Phi) is 8.43. The van der Waals surface area contributed by atoms with E-state index in [1.165, 1.54) is 11.3 Å². The summed E-state index contributed by atoms with van der Waals surface area (Å²) in [6.45, 7) is 6.34. The van der Waals surface area contributed by atoms with E-state index in [1.54, 1.807) is 7.11 Å². The Hall–Kier alpha value is -0.880. The van der Waals surface area contributed by atoms with Gasteiger partial charge in [-0.3, -0.25) is 4.79 Å². The van der Waals surface area contributed by atoms with E-state index >= 15 is 0 Å². The Bertz CT molecular complexity index is 568. The van der Waals surface area contributed by atoms with Crippen molar-refractivity contribution in [3.63, 3.8) is 0 Å². The lowest BCUT2D eigenvalue weighted by Gasteiger charge is -2.34. The molecule has 4 nitrogen and oxygen atoms in total. The second-order valence-electron chi connectivity index (χ2n) is 6.11. The number of ether oxygens (including phenoxy) is 2. The third-order valence-electron chi connectivity index (χ3n) is 4.57. The number of nitrogens with two attached hydrogens (primary N) is 1. The lowest BCUT2D eigenvalue weighted by atomic mass is 9.82. The number of methoxy groups -OCH3 is 1. The molecule has 0 unspecified atom stereocenters. The van der Waals surface area contributed by atoms with Gasteiger partial charge in [0.05, 0.1) is 24.2 Å². The topological polar surface area (TPSA) is 61.5 Å². The van der Waals surface area contributed by atoms with Crippen molar-refractivity contribution in [2.75, 3.05) is 7.11 Å². The van der Waals surface area contributed by atoms with Gasteiger partial charge in [-0.1, -0.05) is 32.1 Å². The molecule has 0 aliphatic heterocycles. The number of rotatable bonds is 7. The van der Waals surface area contributed by atoms with Crippen LogP contribution in [0.25, 0.3) is 0 Å². The monoisotopic (exact) mass is 373 g/mol. The largest absolute Gasteiger partial charge is 0.487 e. The first-order chi connectivity index (χ1) is 11.0.